The summed E-state index contributed by atoms with van der Waals surface area (Å²) in [6.45, 7) is 2.53. The molecule has 1 N–H and O–H groups in total. The van der Waals surface area contributed by atoms with Crippen molar-refractivity contribution in [3.8, 4) is 11.1 Å². The molecule has 3 atom stereocenters. The average Bonchev–Trinajstić information content (AvgIpc) is 2.82. The van der Waals surface area contributed by atoms with E-state index in [4.69, 9.17) is 0 Å². The summed E-state index contributed by atoms with van der Waals surface area (Å²) in [5.74, 6) is -0.203. The van der Waals surface area contributed by atoms with E-state index in [1.807, 2.05) is 30.3 Å². The molecule has 2 aliphatic heterocycles. The first-order valence-electron chi connectivity index (χ1n) is 11.3. The fraction of sp³-hybridized carbons (Fsp3) is 0.296. The predicted octanol–water partition coefficient (Wildman–Crippen LogP) is 2.80. The van der Waals surface area contributed by atoms with Gasteiger partial charge in [-0.3, -0.25) is 14.6 Å². The Kier molecular flexibility index (Phi) is 5.68. The Labute approximate surface area is 193 Å². The van der Waals surface area contributed by atoms with E-state index >= 15 is 0 Å². The smallest absolute Gasteiger partial charge is 0.242 e. The van der Waals surface area contributed by atoms with Gasteiger partial charge < -0.3 is 14.9 Å². The van der Waals surface area contributed by atoms with Crippen molar-refractivity contribution in [1.29, 1.82) is 0 Å². The minimum Gasteiger partial charge on any atom is -0.394 e. The molecule has 168 valence electrons. The van der Waals surface area contributed by atoms with Gasteiger partial charge in [0.05, 0.1) is 31.7 Å². The summed E-state index contributed by atoms with van der Waals surface area (Å²) in [5.41, 5.74) is 5.33. The second kappa shape index (κ2) is 8.79. The molecule has 0 spiro atoms. The monoisotopic (exact) mass is 441 g/mol. The third-order valence-electron chi connectivity index (χ3n) is 6.92. The van der Waals surface area contributed by atoms with Crippen molar-refractivity contribution in [2.24, 2.45) is 0 Å². The zero-order valence-corrected chi connectivity index (χ0v) is 18.6. The van der Waals surface area contributed by atoms with Crippen LogP contribution < -0.4 is 0 Å². The molecule has 1 aromatic heterocycles. The number of benzene rings is 2. The van der Waals surface area contributed by atoms with Crippen LogP contribution in [0.5, 0.6) is 0 Å². The fourth-order valence-corrected chi connectivity index (χ4v) is 5.24. The number of carbonyl (C=O) groups excluding carboxylic acids is 2. The van der Waals surface area contributed by atoms with Crippen molar-refractivity contribution in [1.82, 2.24) is 14.8 Å². The summed E-state index contributed by atoms with van der Waals surface area (Å²) in [5, 5.41) is 10.0. The van der Waals surface area contributed by atoms with Gasteiger partial charge in [0.25, 0.3) is 0 Å². The lowest BCUT2D eigenvalue weighted by molar-refractivity contribution is -0.166. The topological polar surface area (TPSA) is 73.7 Å². The van der Waals surface area contributed by atoms with Gasteiger partial charge in [0, 0.05) is 24.4 Å². The van der Waals surface area contributed by atoms with Gasteiger partial charge in [0.15, 0.2) is 0 Å². The molecular weight excluding hydrogens is 414 g/mol. The molecule has 2 amide bonds. The van der Waals surface area contributed by atoms with Gasteiger partial charge in [-0.25, -0.2) is 0 Å². The molecule has 1 unspecified atom stereocenters. The number of nitrogens with zero attached hydrogens (tertiary/aromatic N) is 3. The number of piperazine rings is 1. The SMILES string of the molecule is Cc1ccccc1-c1ccc(C2[C@H](CO)N3C(=O)CN(C(=O)Cc4ccccn4)C[C@@H]23)cc1. The summed E-state index contributed by atoms with van der Waals surface area (Å²) >= 11 is 0. The highest BCUT2D eigenvalue weighted by Crippen LogP contribution is 2.43. The third-order valence-corrected chi connectivity index (χ3v) is 6.92. The molecule has 33 heavy (non-hydrogen) atoms. The number of pyridine rings is 1. The molecule has 5 rings (SSSR count). The van der Waals surface area contributed by atoms with E-state index in [0.717, 1.165) is 11.1 Å². The lowest BCUT2D eigenvalue weighted by Crippen LogP contribution is -2.73. The Bertz CT molecular complexity index is 1160. The van der Waals surface area contributed by atoms with Crippen molar-refractivity contribution >= 4 is 11.8 Å². The zero-order chi connectivity index (χ0) is 22.9. The van der Waals surface area contributed by atoms with E-state index in [9.17, 15) is 14.7 Å². The molecule has 2 aromatic carbocycles. The second-order valence-corrected chi connectivity index (χ2v) is 8.85. The number of rotatable bonds is 5. The minimum atomic E-state index is -0.250. The van der Waals surface area contributed by atoms with E-state index in [2.05, 4.69) is 48.3 Å². The van der Waals surface area contributed by atoms with Crippen LogP contribution >= 0.6 is 0 Å². The van der Waals surface area contributed by atoms with E-state index in [1.165, 1.54) is 11.1 Å². The predicted molar refractivity (Wildman–Crippen MR) is 125 cm³/mol. The maximum absolute atomic E-state index is 12.9. The number of aliphatic hydroxyl groups is 1. The minimum absolute atomic E-state index is 0.00433. The number of hydrogen-bond acceptors (Lipinski definition) is 4. The number of hydrogen-bond donors (Lipinski definition) is 1. The van der Waals surface area contributed by atoms with Crippen LogP contribution in [0.4, 0.5) is 0 Å². The van der Waals surface area contributed by atoms with E-state index in [-0.39, 0.29) is 49.4 Å². The maximum atomic E-state index is 12.9. The Balaban J connectivity index is 1.35. The first-order chi connectivity index (χ1) is 16.1. The van der Waals surface area contributed by atoms with E-state index < -0.39 is 0 Å². The second-order valence-electron chi connectivity index (χ2n) is 8.85. The van der Waals surface area contributed by atoms with Gasteiger partial charge in [0.2, 0.25) is 11.8 Å². The molecule has 2 saturated heterocycles. The largest absolute Gasteiger partial charge is 0.394 e. The summed E-state index contributed by atoms with van der Waals surface area (Å²) in [6.07, 6.45) is 1.85. The van der Waals surface area contributed by atoms with Crippen LogP contribution in [0.25, 0.3) is 11.1 Å². The van der Waals surface area contributed by atoms with Crippen LogP contribution in [-0.4, -0.2) is 63.5 Å². The van der Waals surface area contributed by atoms with Crippen LogP contribution in [0, 0.1) is 6.92 Å². The standard InChI is InChI=1S/C27H27N3O3/c1-18-6-2-3-8-22(18)19-9-11-20(12-10-19)27-23-15-29(16-26(33)30(23)24(27)17-31)25(32)14-21-7-4-5-13-28-21/h2-13,23-24,27,31H,14-17H2,1H3/t23-,24-,27?/m0/s1. The fourth-order valence-electron chi connectivity index (χ4n) is 5.24. The molecule has 0 radical (unpaired) electrons. The molecule has 3 aromatic rings. The lowest BCUT2D eigenvalue weighted by Gasteiger charge is -2.58. The van der Waals surface area contributed by atoms with Gasteiger partial charge in [-0.2, -0.15) is 0 Å². The summed E-state index contributed by atoms with van der Waals surface area (Å²) < 4.78 is 0. The summed E-state index contributed by atoms with van der Waals surface area (Å²) in [4.78, 5) is 33.4. The van der Waals surface area contributed by atoms with Crippen LogP contribution in [0.2, 0.25) is 0 Å². The van der Waals surface area contributed by atoms with Crippen molar-refractivity contribution in [2.45, 2.75) is 31.3 Å². The highest BCUT2D eigenvalue weighted by atomic mass is 16.3. The number of carbonyl (C=O) groups is 2. The van der Waals surface area contributed by atoms with E-state index in [0.29, 0.717) is 12.2 Å². The molecule has 2 aliphatic rings. The Morgan fingerprint density at radius 1 is 1.06 bits per heavy atom. The molecule has 6 nitrogen and oxygen atoms in total. The highest BCUT2D eigenvalue weighted by Gasteiger charge is 2.54. The van der Waals surface area contributed by atoms with Crippen molar-refractivity contribution in [3.63, 3.8) is 0 Å². The number of aryl methyl sites for hydroxylation is 1. The Morgan fingerprint density at radius 3 is 2.52 bits per heavy atom. The molecule has 2 fully saturated rings. The van der Waals surface area contributed by atoms with Gasteiger partial charge in [0.1, 0.15) is 0 Å². The number of aliphatic hydroxyl groups excluding tert-OH is 1. The zero-order valence-electron chi connectivity index (χ0n) is 18.6. The van der Waals surface area contributed by atoms with Gasteiger partial charge >= 0.3 is 0 Å². The molecule has 0 aliphatic carbocycles. The first-order valence-corrected chi connectivity index (χ1v) is 11.3. The molecular formula is C27H27N3O3. The molecule has 0 saturated carbocycles. The Morgan fingerprint density at radius 2 is 1.82 bits per heavy atom. The first kappa shape index (κ1) is 21.3. The lowest BCUT2D eigenvalue weighted by atomic mass is 9.73. The number of fused-ring (bicyclic) bond motifs is 1. The quantitative estimate of drug-likeness (QED) is 0.661. The average molecular weight is 442 g/mol. The maximum Gasteiger partial charge on any atom is 0.242 e. The molecule has 3 heterocycles. The number of aromatic nitrogens is 1. The van der Waals surface area contributed by atoms with Gasteiger partial charge in [-0.05, 0) is 41.3 Å². The normalized spacial score (nSPS) is 22.0. The third kappa shape index (κ3) is 3.91. The van der Waals surface area contributed by atoms with Gasteiger partial charge in [-0.15, -0.1) is 0 Å². The summed E-state index contributed by atoms with van der Waals surface area (Å²) in [7, 11) is 0. The van der Waals surface area contributed by atoms with Crippen molar-refractivity contribution < 1.29 is 14.7 Å². The van der Waals surface area contributed by atoms with Gasteiger partial charge in [-0.1, -0.05) is 54.6 Å². The van der Waals surface area contributed by atoms with E-state index in [1.54, 1.807) is 16.0 Å². The number of amides is 2. The van der Waals surface area contributed by atoms with Crippen LogP contribution in [0.1, 0.15) is 22.7 Å². The Hall–Kier alpha value is -3.51. The molecule has 0 bridgehead atoms. The summed E-state index contributed by atoms with van der Waals surface area (Å²) in [6, 6.07) is 21.8. The molecule has 6 heteroatoms. The van der Waals surface area contributed by atoms with Crippen molar-refractivity contribution in [2.75, 3.05) is 19.7 Å². The van der Waals surface area contributed by atoms with Crippen LogP contribution in [0.15, 0.2) is 72.9 Å². The van der Waals surface area contributed by atoms with Crippen LogP contribution in [0.3, 0.4) is 0 Å². The van der Waals surface area contributed by atoms with Crippen molar-refractivity contribution in [3.05, 3.63) is 89.7 Å². The van der Waals surface area contributed by atoms with Crippen LogP contribution in [-0.2, 0) is 16.0 Å². The highest BCUT2D eigenvalue weighted by molar-refractivity contribution is 5.88.